The van der Waals surface area contributed by atoms with Crippen molar-refractivity contribution in [3.63, 3.8) is 0 Å². The number of rotatable bonds is 6. The van der Waals surface area contributed by atoms with Crippen molar-refractivity contribution in [1.29, 1.82) is 0 Å². The van der Waals surface area contributed by atoms with Gasteiger partial charge in [0.1, 0.15) is 24.3 Å². The van der Waals surface area contributed by atoms with Gasteiger partial charge in [0, 0.05) is 14.0 Å². The molecule has 3 aromatic rings. The van der Waals surface area contributed by atoms with E-state index in [0.717, 1.165) is 0 Å². The monoisotopic (exact) mass is 480 g/mol. The lowest BCUT2D eigenvalue weighted by Crippen LogP contribution is -2.38. The summed E-state index contributed by atoms with van der Waals surface area (Å²) >= 11 is 12.1. The number of carbonyl (C=O) groups is 2. The van der Waals surface area contributed by atoms with Gasteiger partial charge in [0.25, 0.3) is 0 Å². The molecule has 1 unspecified atom stereocenters. The first-order valence-electron chi connectivity index (χ1n) is 9.52. The zero-order valence-electron chi connectivity index (χ0n) is 17.0. The molecule has 4 atom stereocenters. The van der Waals surface area contributed by atoms with Gasteiger partial charge in [-0.05, 0) is 23.7 Å². The van der Waals surface area contributed by atoms with Gasteiger partial charge in [-0.15, -0.1) is 0 Å². The number of benzene rings is 1. The number of aromatic nitrogens is 4. The number of nitrogens with zero attached hydrogens (tertiary/aromatic N) is 4. The summed E-state index contributed by atoms with van der Waals surface area (Å²) in [6.45, 7) is 1.14. The zero-order valence-corrected chi connectivity index (χ0v) is 18.5. The lowest BCUT2D eigenvalue weighted by Gasteiger charge is -2.23. The first kappa shape index (κ1) is 22.4. The van der Waals surface area contributed by atoms with Crippen LogP contribution in [0.25, 0.3) is 11.2 Å². The molecular formula is C20H18Cl2N4O6. The van der Waals surface area contributed by atoms with Crippen molar-refractivity contribution < 1.29 is 28.5 Å². The topological polar surface area (TPSA) is 115 Å². The standard InChI is InChI=1S/C20H18Cl2N4O6/c1-10(27)31-15-14(29-2)12(8-30-19(28)11-6-4-3-5-7-11)32-18(15)26-9-23-13-16(21)24-20(22)25-17(13)26/h3-7,9,12,14-15,18H,8H2,1-2H3/t12-,14?,15+,18-/m1/s1. The Labute approximate surface area is 192 Å². The molecule has 1 aromatic carbocycles. The van der Waals surface area contributed by atoms with Gasteiger partial charge in [-0.3, -0.25) is 9.36 Å². The summed E-state index contributed by atoms with van der Waals surface area (Å²) in [6.07, 6.45) is -1.84. The molecule has 1 saturated heterocycles. The van der Waals surface area contributed by atoms with Crippen LogP contribution in [0.5, 0.6) is 0 Å². The first-order chi connectivity index (χ1) is 15.4. The van der Waals surface area contributed by atoms with Crippen LogP contribution in [0.4, 0.5) is 0 Å². The van der Waals surface area contributed by atoms with E-state index >= 15 is 0 Å². The van der Waals surface area contributed by atoms with Crippen LogP contribution < -0.4 is 0 Å². The third-order valence-electron chi connectivity index (χ3n) is 4.87. The minimum Gasteiger partial charge on any atom is -0.459 e. The average Bonchev–Trinajstić information content (AvgIpc) is 3.33. The third kappa shape index (κ3) is 4.40. The second-order valence-electron chi connectivity index (χ2n) is 6.91. The zero-order chi connectivity index (χ0) is 22.8. The van der Waals surface area contributed by atoms with Crippen molar-refractivity contribution in [2.24, 2.45) is 0 Å². The molecule has 3 heterocycles. The van der Waals surface area contributed by atoms with Gasteiger partial charge in [0.2, 0.25) is 5.28 Å². The fourth-order valence-corrected chi connectivity index (χ4v) is 3.95. The van der Waals surface area contributed by atoms with Crippen molar-refractivity contribution in [3.05, 3.63) is 52.7 Å². The van der Waals surface area contributed by atoms with Gasteiger partial charge in [-0.2, -0.15) is 4.98 Å². The van der Waals surface area contributed by atoms with Gasteiger partial charge >= 0.3 is 11.9 Å². The van der Waals surface area contributed by atoms with Gasteiger partial charge in [0.15, 0.2) is 23.1 Å². The Hall–Kier alpha value is -2.79. The molecule has 0 amide bonds. The number of halogens is 2. The highest BCUT2D eigenvalue weighted by Crippen LogP contribution is 2.36. The summed E-state index contributed by atoms with van der Waals surface area (Å²) in [5.41, 5.74) is 0.984. The van der Waals surface area contributed by atoms with Crippen molar-refractivity contribution in [2.45, 2.75) is 31.5 Å². The molecule has 0 radical (unpaired) electrons. The molecule has 4 rings (SSSR count). The third-order valence-corrected chi connectivity index (χ3v) is 5.31. The van der Waals surface area contributed by atoms with Crippen LogP contribution in [0.2, 0.25) is 10.4 Å². The predicted molar refractivity (Wildman–Crippen MR) is 112 cm³/mol. The molecule has 1 fully saturated rings. The van der Waals surface area contributed by atoms with Gasteiger partial charge in [0.05, 0.1) is 11.9 Å². The number of ether oxygens (including phenoxy) is 4. The Kier molecular flexibility index (Phi) is 6.56. The Balaban J connectivity index is 1.62. The van der Waals surface area contributed by atoms with Gasteiger partial charge < -0.3 is 18.9 Å². The second-order valence-corrected chi connectivity index (χ2v) is 7.61. The molecule has 1 aliphatic rings. The lowest BCUT2D eigenvalue weighted by atomic mass is 10.1. The normalized spacial score (nSPS) is 22.8. The van der Waals surface area contributed by atoms with E-state index in [-0.39, 0.29) is 22.7 Å². The molecular weight excluding hydrogens is 463 g/mol. The number of fused-ring (bicyclic) bond motifs is 1. The summed E-state index contributed by atoms with van der Waals surface area (Å²) in [5, 5.41) is -0.0136. The van der Waals surface area contributed by atoms with Crippen molar-refractivity contribution >= 4 is 46.3 Å². The first-order valence-corrected chi connectivity index (χ1v) is 10.3. The van der Waals surface area contributed by atoms with Gasteiger partial charge in [-0.1, -0.05) is 29.8 Å². The summed E-state index contributed by atoms with van der Waals surface area (Å²) in [4.78, 5) is 36.4. The maximum atomic E-state index is 12.4. The van der Waals surface area contributed by atoms with Crippen molar-refractivity contribution in [3.8, 4) is 0 Å². The Bertz CT molecular complexity index is 1140. The van der Waals surface area contributed by atoms with Crippen LogP contribution in [0, 0.1) is 0 Å². The largest absolute Gasteiger partial charge is 0.459 e. The number of methoxy groups -OCH3 is 1. The van der Waals surface area contributed by atoms with E-state index < -0.39 is 36.5 Å². The van der Waals surface area contributed by atoms with E-state index in [0.29, 0.717) is 11.1 Å². The minimum atomic E-state index is -0.892. The highest BCUT2D eigenvalue weighted by molar-refractivity contribution is 6.35. The predicted octanol–water partition coefficient (Wildman–Crippen LogP) is 2.83. The average molecular weight is 481 g/mol. The van der Waals surface area contributed by atoms with Crippen molar-refractivity contribution in [1.82, 2.24) is 19.5 Å². The number of hydrogen-bond acceptors (Lipinski definition) is 9. The van der Waals surface area contributed by atoms with Crippen LogP contribution >= 0.6 is 23.2 Å². The van der Waals surface area contributed by atoms with Crippen LogP contribution in [0.3, 0.4) is 0 Å². The Morgan fingerprint density at radius 2 is 1.91 bits per heavy atom. The van der Waals surface area contributed by atoms with E-state index in [4.69, 9.17) is 42.1 Å². The summed E-state index contributed by atoms with van der Waals surface area (Å²) in [5.74, 6) is -1.06. The van der Waals surface area contributed by atoms with Crippen LogP contribution in [0.1, 0.15) is 23.5 Å². The van der Waals surface area contributed by atoms with Crippen LogP contribution in [0.15, 0.2) is 36.7 Å². The summed E-state index contributed by atoms with van der Waals surface area (Å²) in [6, 6.07) is 8.54. The number of carbonyl (C=O) groups excluding carboxylic acids is 2. The molecule has 0 bridgehead atoms. The maximum absolute atomic E-state index is 12.4. The minimum absolute atomic E-state index is 0.0671. The molecule has 2 aromatic heterocycles. The van der Waals surface area contributed by atoms with Crippen LogP contribution in [-0.4, -0.2) is 63.5 Å². The summed E-state index contributed by atoms with van der Waals surface area (Å²) < 4.78 is 24.1. The molecule has 0 aliphatic carbocycles. The molecule has 10 nitrogen and oxygen atoms in total. The van der Waals surface area contributed by atoms with Crippen molar-refractivity contribution in [2.75, 3.05) is 13.7 Å². The number of imidazole rings is 1. The molecule has 168 valence electrons. The maximum Gasteiger partial charge on any atom is 0.338 e. The number of hydrogen-bond donors (Lipinski definition) is 0. The SMILES string of the molecule is COC1[C@@H](COC(=O)c2ccccc2)O[C@@H](n2cnc3c(Cl)nc(Cl)nc32)[C@H]1OC(C)=O. The molecule has 0 N–H and O–H groups in total. The molecule has 32 heavy (non-hydrogen) atoms. The fraction of sp³-hybridized carbons (Fsp3) is 0.350. The Morgan fingerprint density at radius 1 is 1.16 bits per heavy atom. The fourth-order valence-electron chi connectivity index (χ4n) is 3.53. The highest BCUT2D eigenvalue weighted by atomic mass is 35.5. The number of esters is 2. The molecule has 12 heteroatoms. The molecule has 0 spiro atoms. The smallest absolute Gasteiger partial charge is 0.338 e. The second kappa shape index (κ2) is 9.37. The van der Waals surface area contributed by atoms with E-state index in [1.54, 1.807) is 30.3 Å². The summed E-state index contributed by atoms with van der Waals surface area (Å²) in [7, 11) is 1.45. The highest BCUT2D eigenvalue weighted by Gasteiger charge is 2.49. The molecule has 0 saturated carbocycles. The Morgan fingerprint density at radius 3 is 2.59 bits per heavy atom. The van der Waals surface area contributed by atoms with Gasteiger partial charge in [-0.25, -0.2) is 14.8 Å². The lowest BCUT2D eigenvalue weighted by molar-refractivity contribution is -0.156. The van der Waals surface area contributed by atoms with E-state index in [1.807, 2.05) is 0 Å². The van der Waals surface area contributed by atoms with E-state index in [2.05, 4.69) is 15.0 Å². The quantitative estimate of drug-likeness (QED) is 0.298. The molecule has 1 aliphatic heterocycles. The van der Waals surface area contributed by atoms with E-state index in [1.165, 1.54) is 24.9 Å². The van der Waals surface area contributed by atoms with Crippen LogP contribution in [-0.2, 0) is 23.7 Å². The van der Waals surface area contributed by atoms with E-state index in [9.17, 15) is 9.59 Å².